The molecule has 0 aliphatic carbocycles. The van der Waals surface area contributed by atoms with Crippen LogP contribution < -0.4 is 5.32 Å². The SMILES string of the molecule is CO.FC(SN1CCNCC1)C(F)(F)C(F)(F)C(F)(F)F. The van der Waals surface area contributed by atoms with Gasteiger partial charge in [0.15, 0.2) is 0 Å². The third-order valence-corrected chi connectivity index (χ3v) is 3.52. The minimum Gasteiger partial charge on any atom is -0.400 e. The van der Waals surface area contributed by atoms with E-state index in [0.717, 1.165) is 11.4 Å². The molecule has 0 bridgehead atoms. The summed E-state index contributed by atoms with van der Waals surface area (Å²) in [5.74, 6) is -12.2. The van der Waals surface area contributed by atoms with E-state index in [2.05, 4.69) is 5.32 Å². The van der Waals surface area contributed by atoms with E-state index < -0.39 is 23.5 Å². The number of rotatable bonds is 4. The number of aliphatic hydroxyl groups excluding tert-OH is 1. The van der Waals surface area contributed by atoms with Gasteiger partial charge in [-0.25, -0.2) is 8.70 Å². The first-order valence-corrected chi connectivity index (χ1v) is 6.37. The molecule has 0 aromatic carbocycles. The second-order valence-corrected chi connectivity index (χ2v) is 4.94. The average molecular weight is 350 g/mol. The molecule has 1 aliphatic heterocycles. The lowest BCUT2D eigenvalue weighted by Gasteiger charge is -2.33. The van der Waals surface area contributed by atoms with Crippen LogP contribution in [0.1, 0.15) is 0 Å². The van der Waals surface area contributed by atoms with Crippen molar-refractivity contribution in [2.75, 3.05) is 33.3 Å². The molecule has 21 heavy (non-hydrogen) atoms. The van der Waals surface area contributed by atoms with Gasteiger partial charge in [0.05, 0.1) is 0 Å². The van der Waals surface area contributed by atoms with E-state index in [1.165, 1.54) is 0 Å². The lowest BCUT2D eigenvalue weighted by molar-refractivity contribution is -0.359. The van der Waals surface area contributed by atoms with Crippen LogP contribution in [0.15, 0.2) is 0 Å². The van der Waals surface area contributed by atoms with Crippen LogP contribution in [-0.2, 0) is 0 Å². The van der Waals surface area contributed by atoms with Crippen molar-refractivity contribution < 1.29 is 40.2 Å². The molecule has 1 aliphatic rings. The van der Waals surface area contributed by atoms with Crippen molar-refractivity contribution in [2.45, 2.75) is 23.5 Å². The summed E-state index contributed by atoms with van der Waals surface area (Å²) in [6.45, 7) is 0.749. The number of piperazine rings is 1. The van der Waals surface area contributed by atoms with Crippen molar-refractivity contribution in [3.05, 3.63) is 0 Å². The Kier molecular flexibility index (Phi) is 7.67. The van der Waals surface area contributed by atoms with Gasteiger partial charge in [0, 0.05) is 33.3 Å². The van der Waals surface area contributed by atoms with Gasteiger partial charge in [0.1, 0.15) is 0 Å². The summed E-state index contributed by atoms with van der Waals surface area (Å²) in [7, 11) is 1.00. The van der Waals surface area contributed by atoms with Crippen LogP contribution in [0.25, 0.3) is 0 Å². The Bertz CT molecular complexity index is 309. The van der Waals surface area contributed by atoms with Gasteiger partial charge in [-0.3, -0.25) is 0 Å². The first-order chi connectivity index (χ1) is 9.50. The van der Waals surface area contributed by atoms with E-state index in [-0.39, 0.29) is 25.0 Å². The summed E-state index contributed by atoms with van der Waals surface area (Å²) in [5.41, 5.74) is -3.68. The minimum absolute atomic E-state index is 0.0682. The molecule has 0 aromatic heterocycles. The monoisotopic (exact) mass is 350 g/mol. The van der Waals surface area contributed by atoms with Gasteiger partial charge in [-0.2, -0.15) is 30.7 Å². The summed E-state index contributed by atoms with van der Waals surface area (Å²) < 4.78 is 101. The molecule has 0 saturated carbocycles. The summed E-state index contributed by atoms with van der Waals surface area (Å²) in [6.07, 6.45) is -6.51. The third kappa shape index (κ3) is 4.83. The zero-order valence-corrected chi connectivity index (χ0v) is 11.5. The molecule has 1 rings (SSSR count). The fraction of sp³-hybridized carbons (Fsp3) is 1.00. The van der Waals surface area contributed by atoms with Gasteiger partial charge < -0.3 is 10.4 Å². The Morgan fingerprint density at radius 3 is 1.81 bits per heavy atom. The van der Waals surface area contributed by atoms with Crippen molar-refractivity contribution >= 4 is 11.9 Å². The Labute approximate surface area is 119 Å². The minimum atomic E-state index is -6.51. The maximum atomic E-state index is 13.2. The first kappa shape index (κ1) is 20.7. The molecule has 3 nitrogen and oxygen atoms in total. The van der Waals surface area contributed by atoms with E-state index >= 15 is 0 Å². The van der Waals surface area contributed by atoms with Crippen LogP contribution in [0.5, 0.6) is 0 Å². The lowest BCUT2D eigenvalue weighted by atomic mass is 10.2. The number of halogens is 8. The smallest absolute Gasteiger partial charge is 0.400 e. The van der Waals surface area contributed by atoms with Gasteiger partial charge in [-0.1, -0.05) is 0 Å². The maximum absolute atomic E-state index is 13.2. The average Bonchev–Trinajstić information content (AvgIpc) is 2.40. The number of hydrogen-bond acceptors (Lipinski definition) is 4. The molecule has 2 N–H and O–H groups in total. The zero-order chi connectivity index (χ0) is 16.9. The molecular weight excluding hydrogens is 336 g/mol. The Balaban J connectivity index is 0.00000191. The normalized spacial score (nSPS) is 19.7. The molecule has 1 atom stereocenters. The van der Waals surface area contributed by atoms with Gasteiger partial charge in [-0.05, 0) is 11.9 Å². The van der Waals surface area contributed by atoms with Gasteiger partial charge >= 0.3 is 18.0 Å². The first-order valence-electron chi connectivity index (χ1n) is 5.53. The summed E-state index contributed by atoms with van der Waals surface area (Å²) in [6, 6.07) is 0. The van der Waals surface area contributed by atoms with Gasteiger partial charge in [0.25, 0.3) is 0 Å². The zero-order valence-electron chi connectivity index (χ0n) is 10.7. The van der Waals surface area contributed by atoms with E-state index in [9.17, 15) is 35.1 Å². The summed E-state index contributed by atoms with van der Waals surface area (Å²) in [5, 5.41) is 9.79. The van der Waals surface area contributed by atoms with E-state index in [0.29, 0.717) is 13.1 Å². The molecule has 0 aromatic rings. The second kappa shape index (κ2) is 7.79. The number of aliphatic hydroxyl groups is 1. The Morgan fingerprint density at radius 1 is 1.00 bits per heavy atom. The van der Waals surface area contributed by atoms with E-state index in [1.807, 2.05) is 0 Å². The van der Waals surface area contributed by atoms with Gasteiger partial charge in [0.2, 0.25) is 5.50 Å². The van der Waals surface area contributed by atoms with Crippen molar-refractivity contribution in [3.63, 3.8) is 0 Å². The molecule has 0 radical (unpaired) electrons. The molecule has 128 valence electrons. The predicted molar refractivity (Wildman–Crippen MR) is 61.0 cm³/mol. The van der Waals surface area contributed by atoms with Gasteiger partial charge in [-0.15, -0.1) is 0 Å². The van der Waals surface area contributed by atoms with Crippen molar-refractivity contribution in [1.82, 2.24) is 9.62 Å². The van der Waals surface area contributed by atoms with E-state index in [4.69, 9.17) is 5.11 Å². The maximum Gasteiger partial charge on any atom is 0.460 e. The predicted octanol–water partition coefficient (Wildman–Crippen LogP) is 2.28. The highest BCUT2D eigenvalue weighted by molar-refractivity contribution is 7.97. The number of alkyl halides is 8. The summed E-state index contributed by atoms with van der Waals surface area (Å²) in [4.78, 5) is 0. The van der Waals surface area contributed by atoms with Crippen LogP contribution in [0.4, 0.5) is 35.1 Å². The summed E-state index contributed by atoms with van der Waals surface area (Å²) >= 11 is -0.333. The fourth-order valence-electron chi connectivity index (χ4n) is 1.28. The number of nitrogens with zero attached hydrogens (tertiary/aromatic N) is 1. The fourth-order valence-corrected chi connectivity index (χ4v) is 2.21. The lowest BCUT2D eigenvalue weighted by Crippen LogP contribution is -2.56. The van der Waals surface area contributed by atoms with Crippen molar-refractivity contribution in [3.8, 4) is 0 Å². The van der Waals surface area contributed by atoms with Crippen LogP contribution in [-0.4, -0.2) is 66.2 Å². The van der Waals surface area contributed by atoms with Crippen LogP contribution >= 0.6 is 11.9 Å². The molecule has 0 amide bonds. The molecule has 1 saturated heterocycles. The molecular formula is C9H14F8N2OS. The standard InChI is InChI=1S/C8H10F8N2S.CH4O/c9-5(19-18-3-1-17-2-4-18)6(10,11)7(12,13)8(14,15)16;1-2/h5,17H,1-4H2;2H,1H3. The molecule has 1 unspecified atom stereocenters. The Morgan fingerprint density at radius 2 is 1.43 bits per heavy atom. The van der Waals surface area contributed by atoms with E-state index in [1.54, 1.807) is 0 Å². The Hall–Kier alpha value is -0.330. The highest BCUT2D eigenvalue weighted by Gasteiger charge is 2.76. The number of hydrogen-bond donors (Lipinski definition) is 2. The highest BCUT2D eigenvalue weighted by Crippen LogP contribution is 2.51. The third-order valence-electron chi connectivity index (χ3n) is 2.38. The topological polar surface area (TPSA) is 35.5 Å². The van der Waals surface area contributed by atoms with Crippen LogP contribution in [0.3, 0.4) is 0 Å². The van der Waals surface area contributed by atoms with Crippen LogP contribution in [0.2, 0.25) is 0 Å². The van der Waals surface area contributed by atoms with Crippen LogP contribution in [0, 0.1) is 0 Å². The van der Waals surface area contributed by atoms with Crippen molar-refractivity contribution in [2.24, 2.45) is 0 Å². The number of nitrogens with one attached hydrogen (secondary N) is 1. The second-order valence-electron chi connectivity index (χ2n) is 3.80. The highest BCUT2D eigenvalue weighted by atomic mass is 32.2. The molecule has 1 heterocycles. The molecule has 12 heteroatoms. The van der Waals surface area contributed by atoms with Crippen molar-refractivity contribution in [1.29, 1.82) is 0 Å². The largest absolute Gasteiger partial charge is 0.460 e. The molecule has 0 spiro atoms. The molecule has 1 fully saturated rings. The quantitative estimate of drug-likeness (QED) is 0.602.